The molecule has 2 amide bonds. The second kappa shape index (κ2) is 12.3. The minimum Gasteiger partial charge on any atom is -0.360 e. The van der Waals surface area contributed by atoms with Crippen LogP contribution >= 0.6 is 11.3 Å². The summed E-state index contributed by atoms with van der Waals surface area (Å²) in [5, 5.41) is 18.0. The number of nitrogens with zero attached hydrogens (tertiary/aromatic N) is 4. The Morgan fingerprint density at radius 3 is 2.64 bits per heavy atom. The highest BCUT2D eigenvalue weighted by Crippen LogP contribution is 2.15. The van der Waals surface area contributed by atoms with Crippen LogP contribution in [0.5, 0.6) is 0 Å². The lowest BCUT2D eigenvalue weighted by atomic mass is 10.2. The van der Waals surface area contributed by atoms with Crippen molar-refractivity contribution in [1.82, 2.24) is 14.9 Å². The number of carbonyl (C=O) groups excluding carboxylic acids is 2. The molecule has 0 unspecified atom stereocenters. The summed E-state index contributed by atoms with van der Waals surface area (Å²) in [6, 6.07) is 14.5. The van der Waals surface area contributed by atoms with E-state index in [1.54, 1.807) is 56.3 Å². The van der Waals surface area contributed by atoms with Gasteiger partial charge in [0.15, 0.2) is 5.57 Å². The highest BCUT2D eigenvalue weighted by Gasteiger charge is 2.14. The van der Waals surface area contributed by atoms with Crippen molar-refractivity contribution < 1.29 is 9.59 Å². The Labute approximate surface area is 212 Å². The lowest BCUT2D eigenvalue weighted by Gasteiger charge is -2.17. The number of nitriles is 1. The molecule has 0 saturated heterocycles. The molecule has 0 bridgehead atoms. The van der Waals surface area contributed by atoms with Gasteiger partial charge < -0.3 is 20.9 Å². The zero-order valence-corrected chi connectivity index (χ0v) is 21.1. The number of anilines is 3. The lowest BCUT2D eigenvalue weighted by molar-refractivity contribution is -0.116. The number of benzene rings is 1. The number of aromatic nitrogens is 2. The average molecular weight is 506 g/mol. The van der Waals surface area contributed by atoms with Crippen LogP contribution in [0.25, 0.3) is 11.8 Å². The summed E-state index contributed by atoms with van der Waals surface area (Å²) < 4.78 is 2.05. The average Bonchev–Trinajstić information content (AvgIpc) is 3.18. The number of pyridine rings is 1. The first-order chi connectivity index (χ1) is 17.4. The summed E-state index contributed by atoms with van der Waals surface area (Å²) in [6.45, 7) is 4.35. The highest BCUT2D eigenvalue weighted by atomic mass is 32.1. The minimum atomic E-state index is -0.514. The van der Waals surface area contributed by atoms with Gasteiger partial charge in [-0.2, -0.15) is 5.26 Å². The van der Waals surface area contributed by atoms with Crippen LogP contribution in [0.4, 0.5) is 17.2 Å². The predicted octanol–water partition coefficient (Wildman–Crippen LogP) is 1.06. The van der Waals surface area contributed by atoms with E-state index in [2.05, 4.69) is 20.9 Å². The van der Waals surface area contributed by atoms with Crippen molar-refractivity contribution in [3.63, 3.8) is 0 Å². The quantitative estimate of drug-likeness (QED) is 0.396. The maximum atomic E-state index is 12.9. The van der Waals surface area contributed by atoms with Crippen LogP contribution in [0.2, 0.25) is 0 Å². The van der Waals surface area contributed by atoms with Crippen molar-refractivity contribution in [2.24, 2.45) is 0 Å². The van der Waals surface area contributed by atoms with E-state index < -0.39 is 5.91 Å². The molecule has 186 valence electrons. The van der Waals surface area contributed by atoms with Gasteiger partial charge >= 0.3 is 0 Å². The van der Waals surface area contributed by atoms with E-state index >= 15 is 0 Å². The molecule has 0 aliphatic rings. The molecule has 0 radical (unpaired) electrons. The van der Waals surface area contributed by atoms with Gasteiger partial charge in [0.2, 0.25) is 5.91 Å². The van der Waals surface area contributed by atoms with Crippen LogP contribution in [0.3, 0.4) is 0 Å². The smallest absolute Gasteiger partial charge is 0.270 e. The van der Waals surface area contributed by atoms with Gasteiger partial charge in [-0.15, -0.1) is 11.3 Å². The molecule has 36 heavy (non-hydrogen) atoms. The second-order valence-corrected chi connectivity index (χ2v) is 8.66. The molecule has 0 fully saturated rings. The third-order valence-corrected chi connectivity index (χ3v) is 6.18. The molecule has 0 saturated carbocycles. The predicted molar refractivity (Wildman–Crippen MR) is 142 cm³/mol. The van der Waals surface area contributed by atoms with Crippen molar-refractivity contribution in [2.45, 2.75) is 20.4 Å². The number of hydrogen-bond acceptors (Lipinski definition) is 8. The monoisotopic (exact) mass is 505 g/mol. The summed E-state index contributed by atoms with van der Waals surface area (Å²) in [5.74, 6) is -0.0299. The zero-order chi connectivity index (χ0) is 26.1. The summed E-state index contributed by atoms with van der Waals surface area (Å²) in [4.78, 5) is 43.6. The number of hydrogen-bond donors (Lipinski definition) is 3. The number of amides is 2. The first-order valence-corrected chi connectivity index (χ1v) is 12.1. The fourth-order valence-corrected chi connectivity index (χ4v) is 4.44. The molecule has 2 aromatic heterocycles. The van der Waals surface area contributed by atoms with Crippen LogP contribution in [0.1, 0.15) is 13.8 Å². The third-order valence-electron chi connectivity index (χ3n) is 5.05. The molecule has 1 aromatic carbocycles. The van der Waals surface area contributed by atoms with Gasteiger partial charge in [0.05, 0.1) is 6.54 Å². The number of likely N-dealkylation sites (N-methyl/N-ethyl adjacent to an activating group) is 1. The third kappa shape index (κ3) is 6.37. The highest BCUT2D eigenvalue weighted by molar-refractivity contribution is 7.07. The van der Waals surface area contributed by atoms with E-state index in [4.69, 9.17) is 0 Å². The van der Waals surface area contributed by atoms with Gasteiger partial charge in [0.25, 0.3) is 11.5 Å². The van der Waals surface area contributed by atoms with E-state index in [9.17, 15) is 19.6 Å². The van der Waals surface area contributed by atoms with Crippen molar-refractivity contribution in [2.75, 3.05) is 35.7 Å². The molecule has 11 heteroatoms. The summed E-state index contributed by atoms with van der Waals surface area (Å²) in [5.41, 5.74) is 0.836. The molecule has 0 spiro atoms. The van der Waals surface area contributed by atoms with Crippen LogP contribution in [0, 0.1) is 11.3 Å². The van der Waals surface area contributed by atoms with Crippen LogP contribution < -0.4 is 35.6 Å². The maximum absolute atomic E-state index is 12.9. The largest absolute Gasteiger partial charge is 0.360 e. The SMILES string of the molecule is CCNC(=O)/C(C#N)=c1\s/c(=C/Nc2cccc(NC(=O)CN(C)c3ccccn3)c2)c(=O)n1CC. The fourth-order valence-electron chi connectivity index (χ4n) is 3.35. The van der Waals surface area contributed by atoms with Gasteiger partial charge in [-0.05, 0) is 44.2 Å². The zero-order valence-electron chi connectivity index (χ0n) is 20.2. The van der Waals surface area contributed by atoms with Crippen LogP contribution in [-0.2, 0) is 16.1 Å². The molecular formula is C25H27N7O3S. The Kier molecular flexibility index (Phi) is 8.96. The van der Waals surface area contributed by atoms with Crippen molar-refractivity contribution in [3.8, 4) is 6.07 Å². The molecule has 2 heterocycles. The Hall–Kier alpha value is -4.43. The number of carbonyl (C=O) groups is 2. The fraction of sp³-hybridized carbons (Fsp3) is 0.240. The Morgan fingerprint density at radius 1 is 1.19 bits per heavy atom. The Balaban J connectivity index is 1.80. The Morgan fingerprint density at radius 2 is 1.97 bits per heavy atom. The molecule has 0 aliphatic heterocycles. The van der Waals surface area contributed by atoms with Crippen molar-refractivity contribution in [1.29, 1.82) is 5.26 Å². The first-order valence-electron chi connectivity index (χ1n) is 11.3. The number of rotatable bonds is 9. The molecule has 0 aliphatic carbocycles. The number of thiazole rings is 1. The van der Waals surface area contributed by atoms with Crippen molar-refractivity contribution in [3.05, 3.63) is 68.2 Å². The van der Waals surface area contributed by atoms with E-state index in [0.29, 0.717) is 39.5 Å². The molecular weight excluding hydrogens is 478 g/mol. The van der Waals surface area contributed by atoms with Gasteiger partial charge in [-0.1, -0.05) is 12.1 Å². The summed E-state index contributed by atoms with van der Waals surface area (Å²) in [7, 11) is 1.79. The van der Waals surface area contributed by atoms with E-state index in [1.807, 2.05) is 24.3 Å². The molecule has 3 N–H and O–H groups in total. The van der Waals surface area contributed by atoms with Crippen LogP contribution in [0.15, 0.2) is 53.5 Å². The second-order valence-electron chi connectivity index (χ2n) is 7.63. The van der Waals surface area contributed by atoms with E-state index in [1.165, 1.54) is 10.8 Å². The number of nitrogens with one attached hydrogen (secondary N) is 3. The van der Waals surface area contributed by atoms with Gasteiger partial charge in [-0.3, -0.25) is 19.0 Å². The summed E-state index contributed by atoms with van der Waals surface area (Å²) >= 11 is 1.07. The minimum absolute atomic E-state index is 0.0965. The topological polar surface area (TPSA) is 132 Å². The lowest BCUT2D eigenvalue weighted by Crippen LogP contribution is -2.34. The normalized spacial score (nSPS) is 11.9. The van der Waals surface area contributed by atoms with Crippen LogP contribution in [-0.4, -0.2) is 41.5 Å². The molecule has 0 atom stereocenters. The van der Waals surface area contributed by atoms with Crippen molar-refractivity contribution >= 4 is 52.1 Å². The van der Waals surface area contributed by atoms with E-state index in [0.717, 1.165) is 11.3 Å². The maximum Gasteiger partial charge on any atom is 0.270 e. The van der Waals surface area contributed by atoms with Gasteiger partial charge in [0, 0.05) is 43.9 Å². The standard InChI is InChI=1S/C25H27N7O3S/c1-4-27-23(34)19(14-26)25-32(5-2)24(35)20(36-25)15-29-17-9-8-10-18(13-17)30-22(33)16-31(3)21-11-6-7-12-28-21/h6-13,15,29H,4-5,16H2,1-3H3,(H,27,34)(H,30,33)/b20-15+,25-19-. The first kappa shape index (κ1) is 26.2. The molecule has 3 rings (SSSR count). The van der Waals surface area contributed by atoms with E-state index in [-0.39, 0.29) is 23.6 Å². The van der Waals surface area contributed by atoms with Gasteiger partial charge in [-0.25, -0.2) is 4.98 Å². The Bertz CT molecular complexity index is 1460. The summed E-state index contributed by atoms with van der Waals surface area (Å²) in [6.07, 6.45) is 3.20. The molecule has 3 aromatic rings. The molecule has 10 nitrogen and oxygen atoms in total. The van der Waals surface area contributed by atoms with Gasteiger partial charge in [0.1, 0.15) is 21.1 Å².